The van der Waals surface area contributed by atoms with Gasteiger partial charge in [-0.05, 0) is 43.5 Å². The lowest BCUT2D eigenvalue weighted by molar-refractivity contribution is 0.0986. The first-order valence-corrected chi connectivity index (χ1v) is 11.6. The van der Waals surface area contributed by atoms with Crippen molar-refractivity contribution in [3.63, 3.8) is 0 Å². The van der Waals surface area contributed by atoms with Crippen molar-refractivity contribution in [2.75, 3.05) is 35.7 Å². The highest BCUT2D eigenvalue weighted by Gasteiger charge is 2.25. The Kier molecular flexibility index (Phi) is 9.56. The maximum atomic E-state index is 13.5. The van der Waals surface area contributed by atoms with Gasteiger partial charge in [-0.1, -0.05) is 40.0 Å². The molecule has 0 fully saturated rings. The molecule has 8 nitrogen and oxygen atoms in total. The number of aromatic amines is 1. The Hall–Kier alpha value is -3.03. The number of anilines is 3. The van der Waals surface area contributed by atoms with Crippen molar-refractivity contribution in [3.05, 3.63) is 50.7 Å². The number of H-pyrrole nitrogens is 1. The molecule has 0 saturated carbocycles. The predicted molar refractivity (Wildman–Crippen MR) is 132 cm³/mol. The number of nitrogen functional groups attached to an aromatic ring is 1. The average Bonchev–Trinajstić information content (AvgIpc) is 2.77. The van der Waals surface area contributed by atoms with E-state index in [4.69, 9.17) is 5.73 Å². The van der Waals surface area contributed by atoms with Crippen LogP contribution < -0.4 is 26.8 Å². The van der Waals surface area contributed by atoms with Crippen LogP contribution in [0, 0.1) is 0 Å². The SMILES string of the molecule is CCCCCN(C(=O)c1ccc(N(C)CCC)cc1)c1c(N)n(CCCC)c(=O)[nH]c1=O. The molecule has 32 heavy (non-hydrogen) atoms. The molecule has 0 radical (unpaired) electrons. The highest BCUT2D eigenvalue weighted by Crippen LogP contribution is 2.22. The molecule has 1 aromatic heterocycles. The van der Waals surface area contributed by atoms with Gasteiger partial charge < -0.3 is 15.5 Å². The molecule has 3 N–H and O–H groups in total. The van der Waals surface area contributed by atoms with E-state index in [2.05, 4.69) is 23.7 Å². The molecule has 1 aromatic carbocycles. The molecular weight excluding hydrogens is 406 g/mol. The number of hydrogen-bond acceptors (Lipinski definition) is 5. The van der Waals surface area contributed by atoms with E-state index in [-0.39, 0.29) is 17.4 Å². The van der Waals surface area contributed by atoms with Crippen molar-refractivity contribution in [1.29, 1.82) is 0 Å². The number of rotatable bonds is 12. The normalized spacial score (nSPS) is 10.9. The quantitative estimate of drug-likeness (QED) is 0.488. The lowest BCUT2D eigenvalue weighted by Gasteiger charge is -2.25. The molecule has 1 amide bonds. The van der Waals surface area contributed by atoms with Gasteiger partial charge in [0.1, 0.15) is 5.82 Å². The van der Waals surface area contributed by atoms with Crippen LogP contribution in [0.1, 0.15) is 69.7 Å². The van der Waals surface area contributed by atoms with Gasteiger partial charge >= 0.3 is 5.69 Å². The molecule has 0 bridgehead atoms. The van der Waals surface area contributed by atoms with Crippen molar-refractivity contribution in [2.24, 2.45) is 0 Å². The zero-order valence-corrected chi connectivity index (χ0v) is 19.8. The fourth-order valence-electron chi connectivity index (χ4n) is 3.69. The molecule has 0 aliphatic rings. The van der Waals surface area contributed by atoms with Gasteiger partial charge in [0.05, 0.1) is 0 Å². The first-order valence-electron chi connectivity index (χ1n) is 11.6. The molecular formula is C24H37N5O3. The Bertz CT molecular complexity index is 994. The van der Waals surface area contributed by atoms with Crippen molar-refractivity contribution in [1.82, 2.24) is 9.55 Å². The third-order valence-electron chi connectivity index (χ3n) is 5.56. The molecule has 8 heteroatoms. The van der Waals surface area contributed by atoms with Gasteiger partial charge in [0, 0.05) is 37.9 Å². The van der Waals surface area contributed by atoms with Crippen LogP contribution in [0.2, 0.25) is 0 Å². The van der Waals surface area contributed by atoms with Crippen LogP contribution in [-0.2, 0) is 6.54 Å². The van der Waals surface area contributed by atoms with Crippen LogP contribution >= 0.6 is 0 Å². The van der Waals surface area contributed by atoms with Crippen molar-refractivity contribution >= 4 is 23.1 Å². The second-order valence-corrected chi connectivity index (χ2v) is 8.13. The third-order valence-corrected chi connectivity index (χ3v) is 5.56. The highest BCUT2D eigenvalue weighted by molar-refractivity contribution is 6.07. The summed E-state index contributed by atoms with van der Waals surface area (Å²) in [6.07, 6.45) is 5.26. The van der Waals surface area contributed by atoms with Gasteiger partial charge in [0.15, 0.2) is 5.69 Å². The molecule has 2 rings (SSSR count). The van der Waals surface area contributed by atoms with Gasteiger partial charge in [0.25, 0.3) is 11.5 Å². The van der Waals surface area contributed by atoms with Crippen LogP contribution in [0.15, 0.2) is 33.9 Å². The maximum Gasteiger partial charge on any atom is 0.330 e. The van der Waals surface area contributed by atoms with Gasteiger partial charge in [-0.2, -0.15) is 0 Å². The number of nitrogens with one attached hydrogen (secondary N) is 1. The number of amides is 1. The summed E-state index contributed by atoms with van der Waals surface area (Å²) < 4.78 is 1.35. The van der Waals surface area contributed by atoms with Gasteiger partial charge in [-0.3, -0.25) is 19.1 Å². The van der Waals surface area contributed by atoms with E-state index in [1.807, 2.05) is 26.1 Å². The van der Waals surface area contributed by atoms with Gasteiger partial charge in [-0.15, -0.1) is 0 Å². The molecule has 176 valence electrons. The molecule has 0 spiro atoms. The Labute approximate surface area is 190 Å². The van der Waals surface area contributed by atoms with E-state index in [0.29, 0.717) is 18.7 Å². The minimum atomic E-state index is -0.635. The van der Waals surface area contributed by atoms with E-state index in [0.717, 1.165) is 50.8 Å². The second-order valence-electron chi connectivity index (χ2n) is 8.13. The minimum Gasteiger partial charge on any atom is -0.383 e. The number of carbonyl (C=O) groups excluding carboxylic acids is 1. The fourth-order valence-corrected chi connectivity index (χ4v) is 3.69. The van der Waals surface area contributed by atoms with Gasteiger partial charge in [0.2, 0.25) is 0 Å². The Morgan fingerprint density at radius 1 is 0.969 bits per heavy atom. The summed E-state index contributed by atoms with van der Waals surface area (Å²) in [7, 11) is 2.01. The third kappa shape index (κ3) is 6.02. The molecule has 0 aliphatic heterocycles. The van der Waals surface area contributed by atoms with Crippen LogP contribution in [0.3, 0.4) is 0 Å². The van der Waals surface area contributed by atoms with E-state index < -0.39 is 11.2 Å². The topological polar surface area (TPSA) is 104 Å². The standard InChI is InChI=1S/C24H37N5O3/c1-5-8-10-17-28(20-21(25)29(16-9-6-2)24(32)26-22(20)30)23(31)18-11-13-19(14-12-18)27(4)15-7-3/h11-14H,5-10,15-17,25H2,1-4H3,(H,26,30,32). The average molecular weight is 444 g/mol. The zero-order chi connectivity index (χ0) is 23.7. The number of aromatic nitrogens is 2. The monoisotopic (exact) mass is 443 g/mol. The second kappa shape index (κ2) is 12.1. The molecule has 0 aliphatic carbocycles. The van der Waals surface area contributed by atoms with Crippen LogP contribution in [0.4, 0.5) is 17.2 Å². The summed E-state index contributed by atoms with van der Waals surface area (Å²) in [6, 6.07) is 7.36. The molecule has 1 heterocycles. The molecule has 0 unspecified atom stereocenters. The van der Waals surface area contributed by atoms with Crippen molar-refractivity contribution in [3.8, 4) is 0 Å². The Morgan fingerprint density at radius 2 is 1.62 bits per heavy atom. The first-order chi connectivity index (χ1) is 15.3. The van der Waals surface area contributed by atoms with Gasteiger partial charge in [-0.25, -0.2) is 4.79 Å². The summed E-state index contributed by atoms with van der Waals surface area (Å²) in [5.41, 5.74) is 6.65. The zero-order valence-electron chi connectivity index (χ0n) is 19.8. The van der Waals surface area contributed by atoms with Crippen molar-refractivity contribution < 1.29 is 4.79 Å². The summed E-state index contributed by atoms with van der Waals surface area (Å²) in [4.78, 5) is 44.5. The smallest absolute Gasteiger partial charge is 0.330 e. The number of nitrogens with two attached hydrogens (primary N) is 1. The summed E-state index contributed by atoms with van der Waals surface area (Å²) in [5, 5.41) is 0. The highest BCUT2D eigenvalue weighted by atomic mass is 16.2. The van der Waals surface area contributed by atoms with E-state index in [1.165, 1.54) is 9.47 Å². The number of hydrogen-bond donors (Lipinski definition) is 2. The summed E-state index contributed by atoms with van der Waals surface area (Å²) >= 11 is 0. The van der Waals surface area contributed by atoms with Crippen molar-refractivity contribution in [2.45, 2.75) is 65.8 Å². The minimum absolute atomic E-state index is 0.0383. The largest absolute Gasteiger partial charge is 0.383 e. The lowest BCUT2D eigenvalue weighted by Crippen LogP contribution is -2.41. The number of unbranched alkanes of at least 4 members (excludes halogenated alkanes) is 3. The Morgan fingerprint density at radius 3 is 2.22 bits per heavy atom. The Balaban J connectivity index is 2.47. The van der Waals surface area contributed by atoms with E-state index in [9.17, 15) is 14.4 Å². The first kappa shape index (κ1) is 25.2. The van der Waals surface area contributed by atoms with E-state index >= 15 is 0 Å². The molecule has 0 saturated heterocycles. The number of benzene rings is 1. The van der Waals surface area contributed by atoms with Crippen LogP contribution in [0.5, 0.6) is 0 Å². The molecule has 0 atom stereocenters. The fraction of sp³-hybridized carbons (Fsp3) is 0.542. The molecule has 2 aromatic rings. The van der Waals surface area contributed by atoms with Crippen LogP contribution in [0.25, 0.3) is 0 Å². The van der Waals surface area contributed by atoms with E-state index in [1.54, 1.807) is 12.1 Å². The predicted octanol–water partition coefficient (Wildman–Crippen LogP) is 3.60. The number of nitrogens with zero attached hydrogens (tertiary/aromatic N) is 3. The summed E-state index contributed by atoms with van der Waals surface area (Å²) in [6.45, 7) is 7.86. The summed E-state index contributed by atoms with van der Waals surface area (Å²) in [5.74, 6) is -0.264. The maximum absolute atomic E-state index is 13.5. The lowest BCUT2D eigenvalue weighted by atomic mass is 10.1. The number of carbonyl (C=O) groups is 1. The van der Waals surface area contributed by atoms with Crippen LogP contribution in [-0.4, -0.2) is 35.6 Å².